The number of nitrogens with zero attached hydrogens (tertiary/aromatic N) is 3. The number of fused-ring (bicyclic) bond motifs is 1. The Morgan fingerprint density at radius 1 is 1.25 bits per heavy atom. The van der Waals surface area contributed by atoms with Crippen molar-refractivity contribution in [2.75, 3.05) is 5.32 Å². The summed E-state index contributed by atoms with van der Waals surface area (Å²) in [6.07, 6.45) is 4.58. The van der Waals surface area contributed by atoms with Gasteiger partial charge >= 0.3 is 0 Å². The Balaban J connectivity index is 1.36. The molecule has 0 bridgehead atoms. The number of nitro groups is 1. The van der Waals surface area contributed by atoms with E-state index in [4.69, 9.17) is 21.4 Å². The van der Waals surface area contributed by atoms with Crippen molar-refractivity contribution in [3.05, 3.63) is 73.9 Å². The van der Waals surface area contributed by atoms with Crippen molar-refractivity contribution in [1.82, 2.24) is 9.78 Å². The van der Waals surface area contributed by atoms with Crippen LogP contribution in [0.3, 0.4) is 0 Å². The largest absolute Gasteiger partial charge is 0.484 e. The molecule has 1 aromatic heterocycles. The van der Waals surface area contributed by atoms with Gasteiger partial charge in [-0.15, -0.1) is 5.10 Å². The van der Waals surface area contributed by atoms with Gasteiger partial charge in [-0.3, -0.25) is 14.9 Å². The molecule has 3 aromatic rings. The number of nitrogens with one attached hydrogen (secondary N) is 1. The third-order valence-electron chi connectivity index (χ3n) is 5.32. The first kappa shape index (κ1) is 21.7. The van der Waals surface area contributed by atoms with E-state index in [9.17, 15) is 14.9 Å². The molecule has 4 rings (SSSR count). The second kappa shape index (κ2) is 9.31. The van der Waals surface area contributed by atoms with Crippen molar-refractivity contribution < 1.29 is 18.9 Å². The van der Waals surface area contributed by atoms with Crippen molar-refractivity contribution in [2.24, 2.45) is 0 Å². The number of amides is 1. The minimum Gasteiger partial charge on any atom is -0.484 e. The second-order valence-corrected chi connectivity index (χ2v) is 8.00. The summed E-state index contributed by atoms with van der Waals surface area (Å²) >= 11 is 5.16. The zero-order chi connectivity index (χ0) is 22.7. The third kappa shape index (κ3) is 5.02. The van der Waals surface area contributed by atoms with Gasteiger partial charge in [-0.1, -0.05) is 6.07 Å². The Bertz CT molecular complexity index is 1230. The Kier molecular flexibility index (Phi) is 6.31. The van der Waals surface area contributed by atoms with Gasteiger partial charge in [0.1, 0.15) is 12.3 Å². The number of ether oxygens (including phenoxy) is 1. The minimum atomic E-state index is -0.485. The van der Waals surface area contributed by atoms with Crippen LogP contribution in [0.4, 0.5) is 11.4 Å². The first-order chi connectivity index (χ1) is 15.4. The first-order valence-electron chi connectivity index (χ1n) is 10.3. The molecular formula is C22H22N4O5S. The number of nitro benzene ring substituents is 1. The molecule has 1 heterocycles. The molecule has 166 valence electrons. The van der Waals surface area contributed by atoms with Crippen molar-refractivity contribution in [1.29, 1.82) is 0 Å². The Morgan fingerprint density at radius 2 is 2.03 bits per heavy atom. The normalized spacial score (nSPS) is 12.8. The fourth-order valence-electron chi connectivity index (χ4n) is 3.68. The van der Waals surface area contributed by atoms with E-state index in [1.54, 1.807) is 6.92 Å². The van der Waals surface area contributed by atoms with Gasteiger partial charge < -0.3 is 14.5 Å². The molecule has 0 unspecified atom stereocenters. The molecular weight excluding hydrogens is 432 g/mol. The molecule has 0 aliphatic heterocycles. The number of rotatable bonds is 7. The molecule has 1 aliphatic carbocycles. The molecule has 2 aromatic carbocycles. The average Bonchev–Trinajstić information content (AvgIpc) is 3.12. The number of benzene rings is 2. The molecule has 9 nitrogen and oxygen atoms in total. The molecule has 0 spiro atoms. The Hall–Kier alpha value is -3.53. The van der Waals surface area contributed by atoms with Gasteiger partial charge in [0.05, 0.1) is 4.92 Å². The minimum absolute atomic E-state index is 0.0391. The van der Waals surface area contributed by atoms with E-state index in [-0.39, 0.29) is 35.5 Å². The van der Waals surface area contributed by atoms with Crippen LogP contribution in [-0.2, 0) is 30.8 Å². The third-order valence-corrected chi connectivity index (χ3v) is 5.61. The number of anilines is 1. The smallest absolute Gasteiger partial charge is 0.287 e. The van der Waals surface area contributed by atoms with Crippen LogP contribution >= 0.6 is 12.2 Å². The second-order valence-electron chi connectivity index (χ2n) is 7.65. The highest BCUT2D eigenvalue weighted by Gasteiger charge is 2.14. The van der Waals surface area contributed by atoms with Crippen LogP contribution in [0, 0.1) is 21.9 Å². The number of hydrogen-bond donors (Lipinski definition) is 1. The standard InChI is InChI=1S/C22H22N4O5S/c1-14-10-17(26(28)29)7-9-19(14)23-20(27)12-25-22(32)31-21(24-25)13-30-18-8-6-15-4-2-3-5-16(15)11-18/h6-11H,2-5,12-13H2,1H3,(H,23,27). The summed E-state index contributed by atoms with van der Waals surface area (Å²) in [5, 5.41) is 17.8. The lowest BCUT2D eigenvalue weighted by Crippen LogP contribution is -2.20. The molecule has 10 heteroatoms. The predicted molar refractivity (Wildman–Crippen MR) is 119 cm³/mol. The summed E-state index contributed by atoms with van der Waals surface area (Å²) in [7, 11) is 0. The van der Waals surface area contributed by atoms with Gasteiger partial charge in [-0.25, -0.2) is 4.68 Å². The summed E-state index contributed by atoms with van der Waals surface area (Å²) in [6.45, 7) is 1.62. The number of non-ortho nitro benzene ring substituents is 1. The lowest BCUT2D eigenvalue weighted by Gasteiger charge is -2.16. The van der Waals surface area contributed by atoms with E-state index >= 15 is 0 Å². The van der Waals surface area contributed by atoms with Crippen LogP contribution in [0.5, 0.6) is 5.75 Å². The van der Waals surface area contributed by atoms with Gasteiger partial charge in [-0.05, 0) is 79.7 Å². The van der Waals surface area contributed by atoms with Crippen LogP contribution in [-0.4, -0.2) is 20.6 Å². The van der Waals surface area contributed by atoms with E-state index in [2.05, 4.69) is 22.5 Å². The summed E-state index contributed by atoms with van der Waals surface area (Å²) in [5.74, 6) is 0.633. The van der Waals surface area contributed by atoms with Crippen LogP contribution in [0.1, 0.15) is 35.4 Å². The zero-order valence-electron chi connectivity index (χ0n) is 17.5. The van der Waals surface area contributed by atoms with Crippen LogP contribution in [0.2, 0.25) is 0 Å². The Morgan fingerprint density at radius 3 is 2.78 bits per heavy atom. The van der Waals surface area contributed by atoms with Gasteiger partial charge in [0.2, 0.25) is 5.91 Å². The molecule has 0 radical (unpaired) electrons. The number of aromatic nitrogens is 2. The summed E-state index contributed by atoms with van der Waals surface area (Å²) in [6, 6.07) is 10.3. The average molecular weight is 455 g/mol. The van der Waals surface area contributed by atoms with E-state index in [0.29, 0.717) is 11.3 Å². The van der Waals surface area contributed by atoms with Crippen molar-refractivity contribution >= 4 is 29.5 Å². The van der Waals surface area contributed by atoms with E-state index < -0.39 is 4.92 Å². The maximum Gasteiger partial charge on any atom is 0.287 e. The fraction of sp³-hybridized carbons (Fsp3) is 0.318. The highest BCUT2D eigenvalue weighted by Crippen LogP contribution is 2.26. The highest BCUT2D eigenvalue weighted by molar-refractivity contribution is 7.71. The van der Waals surface area contributed by atoms with E-state index in [1.165, 1.54) is 46.8 Å². The molecule has 0 atom stereocenters. The molecule has 0 saturated heterocycles. The zero-order valence-corrected chi connectivity index (χ0v) is 18.3. The first-order valence-corrected chi connectivity index (χ1v) is 10.7. The monoisotopic (exact) mass is 454 g/mol. The van der Waals surface area contributed by atoms with E-state index in [0.717, 1.165) is 18.6 Å². The predicted octanol–water partition coefficient (Wildman–Crippen LogP) is 4.52. The number of carbonyl (C=O) groups is 1. The molecule has 0 saturated carbocycles. The lowest BCUT2D eigenvalue weighted by molar-refractivity contribution is -0.384. The lowest BCUT2D eigenvalue weighted by atomic mass is 9.92. The summed E-state index contributed by atoms with van der Waals surface area (Å²) in [4.78, 5) is 22.8. The quantitative estimate of drug-likeness (QED) is 0.317. The molecule has 1 N–H and O–H groups in total. The summed E-state index contributed by atoms with van der Waals surface area (Å²) < 4.78 is 12.5. The Labute approximate surface area is 189 Å². The maximum absolute atomic E-state index is 12.4. The van der Waals surface area contributed by atoms with Gasteiger partial charge in [0.25, 0.3) is 16.4 Å². The van der Waals surface area contributed by atoms with Crippen LogP contribution < -0.4 is 10.1 Å². The summed E-state index contributed by atoms with van der Waals surface area (Å²) in [5.41, 5.74) is 3.71. The van der Waals surface area contributed by atoms with Gasteiger partial charge in [-0.2, -0.15) is 0 Å². The SMILES string of the molecule is Cc1cc([N+](=O)[O-])ccc1NC(=O)Cn1nc(COc2ccc3c(c2)CCCC3)oc1=S. The number of carbonyl (C=O) groups excluding carboxylic acids is 1. The van der Waals surface area contributed by atoms with Crippen molar-refractivity contribution in [3.63, 3.8) is 0 Å². The van der Waals surface area contributed by atoms with Crippen LogP contribution in [0.15, 0.2) is 40.8 Å². The highest BCUT2D eigenvalue weighted by atomic mass is 32.1. The topological polar surface area (TPSA) is 112 Å². The van der Waals surface area contributed by atoms with Crippen LogP contribution in [0.25, 0.3) is 0 Å². The maximum atomic E-state index is 12.4. The molecule has 32 heavy (non-hydrogen) atoms. The number of aryl methyl sites for hydroxylation is 3. The van der Waals surface area contributed by atoms with Gasteiger partial charge in [0, 0.05) is 17.8 Å². The van der Waals surface area contributed by atoms with Gasteiger partial charge in [0.15, 0.2) is 6.61 Å². The molecule has 0 fully saturated rings. The number of hydrogen-bond acceptors (Lipinski definition) is 7. The molecule has 1 aliphatic rings. The van der Waals surface area contributed by atoms with Crippen molar-refractivity contribution in [2.45, 2.75) is 45.8 Å². The van der Waals surface area contributed by atoms with Crippen molar-refractivity contribution in [3.8, 4) is 5.75 Å². The van der Waals surface area contributed by atoms with E-state index in [1.807, 2.05) is 6.07 Å². The molecule has 1 amide bonds. The fourth-order valence-corrected chi connectivity index (χ4v) is 3.88.